The highest BCUT2D eigenvalue weighted by Gasteiger charge is 2.21. The Kier molecular flexibility index (Phi) is 6.92. The molecule has 2 aromatic carbocycles. The van der Waals surface area contributed by atoms with Crippen molar-refractivity contribution < 1.29 is 23.1 Å². The van der Waals surface area contributed by atoms with Gasteiger partial charge in [0.25, 0.3) is 10.0 Å². The van der Waals surface area contributed by atoms with Crippen molar-refractivity contribution in [3.05, 3.63) is 53.1 Å². The number of aryl methyl sites for hydroxylation is 2. The smallest absolute Gasteiger partial charge is 0.265 e. The Balaban J connectivity index is 2.15. The van der Waals surface area contributed by atoms with Gasteiger partial charge in [-0.1, -0.05) is 12.1 Å². The van der Waals surface area contributed by atoms with E-state index in [9.17, 15) is 18.3 Å². The van der Waals surface area contributed by atoms with Gasteiger partial charge < -0.3 is 15.2 Å². The number of aliphatic hydroxyl groups is 1. The zero-order valence-electron chi connectivity index (χ0n) is 17.4. The van der Waals surface area contributed by atoms with Gasteiger partial charge in [0.05, 0.1) is 25.7 Å². The lowest BCUT2D eigenvalue weighted by Gasteiger charge is -2.23. The summed E-state index contributed by atoms with van der Waals surface area (Å²) in [6.45, 7) is 7.01. The number of hydrogen-bond acceptors (Lipinski definition) is 5. The minimum absolute atomic E-state index is 0.0674. The molecule has 0 aliphatic heterocycles. The average molecular weight is 421 g/mol. The Morgan fingerprint density at radius 1 is 1.10 bits per heavy atom. The van der Waals surface area contributed by atoms with E-state index in [1.807, 2.05) is 13.8 Å². The summed E-state index contributed by atoms with van der Waals surface area (Å²) in [7, 11) is -2.41. The molecule has 7 nitrogen and oxygen atoms in total. The molecule has 29 heavy (non-hydrogen) atoms. The summed E-state index contributed by atoms with van der Waals surface area (Å²) >= 11 is 0. The number of rotatable bonds is 8. The van der Waals surface area contributed by atoms with Gasteiger partial charge in [-0.05, 0) is 68.7 Å². The molecule has 8 heteroatoms. The van der Waals surface area contributed by atoms with Crippen molar-refractivity contribution in [1.82, 2.24) is 5.32 Å². The lowest BCUT2D eigenvalue weighted by molar-refractivity contribution is -0.122. The number of carbonyl (C=O) groups is 1. The van der Waals surface area contributed by atoms with Crippen LogP contribution >= 0.6 is 0 Å². The highest BCUT2D eigenvalue weighted by atomic mass is 32.2. The van der Waals surface area contributed by atoms with Gasteiger partial charge in [-0.2, -0.15) is 0 Å². The van der Waals surface area contributed by atoms with Crippen LogP contribution in [0.2, 0.25) is 0 Å². The second-order valence-corrected chi connectivity index (χ2v) is 9.31. The van der Waals surface area contributed by atoms with Crippen molar-refractivity contribution in [2.24, 2.45) is 0 Å². The van der Waals surface area contributed by atoms with Crippen LogP contribution in [0.3, 0.4) is 0 Å². The number of amides is 1. The SMILES string of the molecule is COc1cc(C)c(C)cc1S(=O)(=O)Nc1ccc(CC(=O)NC(C)(C)CO)cc1. The Bertz CT molecular complexity index is 983. The molecule has 2 aromatic rings. The summed E-state index contributed by atoms with van der Waals surface area (Å²) in [6, 6.07) is 9.84. The van der Waals surface area contributed by atoms with Gasteiger partial charge in [-0.3, -0.25) is 9.52 Å². The van der Waals surface area contributed by atoms with Crippen molar-refractivity contribution in [2.45, 2.75) is 44.6 Å². The lowest BCUT2D eigenvalue weighted by Crippen LogP contribution is -2.46. The van der Waals surface area contributed by atoms with E-state index < -0.39 is 15.6 Å². The maximum atomic E-state index is 12.8. The first-order valence-electron chi connectivity index (χ1n) is 9.16. The first kappa shape index (κ1) is 22.7. The third-order valence-corrected chi connectivity index (χ3v) is 5.92. The van der Waals surface area contributed by atoms with E-state index in [1.54, 1.807) is 50.2 Å². The van der Waals surface area contributed by atoms with Crippen LogP contribution in [-0.4, -0.2) is 38.7 Å². The number of sulfonamides is 1. The normalized spacial score (nSPS) is 11.8. The second kappa shape index (κ2) is 8.84. The van der Waals surface area contributed by atoms with Crippen LogP contribution in [0.4, 0.5) is 5.69 Å². The number of benzene rings is 2. The van der Waals surface area contributed by atoms with Gasteiger partial charge in [0.1, 0.15) is 10.6 Å². The zero-order chi connectivity index (χ0) is 21.8. The predicted molar refractivity (Wildman–Crippen MR) is 113 cm³/mol. The predicted octanol–water partition coefficient (Wildman–Crippen LogP) is 2.54. The number of methoxy groups -OCH3 is 1. The van der Waals surface area contributed by atoms with Crippen molar-refractivity contribution >= 4 is 21.6 Å². The van der Waals surface area contributed by atoms with E-state index in [-0.39, 0.29) is 29.6 Å². The highest BCUT2D eigenvalue weighted by Crippen LogP contribution is 2.29. The third kappa shape index (κ3) is 5.95. The molecule has 0 saturated carbocycles. The molecule has 1 amide bonds. The standard InChI is InChI=1S/C21H28N2O5S/c1-14-10-18(28-5)19(11-15(14)2)29(26,27)23-17-8-6-16(7-9-17)12-20(25)22-21(3,4)13-24/h6-11,23-24H,12-13H2,1-5H3,(H,22,25). The molecule has 0 aliphatic carbocycles. The molecule has 0 radical (unpaired) electrons. The Morgan fingerprint density at radius 3 is 2.24 bits per heavy atom. The fourth-order valence-electron chi connectivity index (χ4n) is 2.68. The van der Waals surface area contributed by atoms with Crippen LogP contribution in [0, 0.1) is 13.8 Å². The van der Waals surface area contributed by atoms with E-state index in [1.165, 1.54) is 7.11 Å². The lowest BCUT2D eigenvalue weighted by atomic mass is 10.1. The number of nitrogens with one attached hydrogen (secondary N) is 2. The molecule has 0 bridgehead atoms. The monoisotopic (exact) mass is 420 g/mol. The number of ether oxygens (including phenoxy) is 1. The fourth-order valence-corrected chi connectivity index (χ4v) is 3.98. The topological polar surface area (TPSA) is 105 Å². The van der Waals surface area contributed by atoms with Crippen molar-refractivity contribution in [3.8, 4) is 5.75 Å². The number of aliphatic hydroxyl groups excluding tert-OH is 1. The molecule has 3 N–H and O–H groups in total. The largest absolute Gasteiger partial charge is 0.495 e. The van der Waals surface area contributed by atoms with Gasteiger partial charge in [0, 0.05) is 5.69 Å². The number of anilines is 1. The van der Waals surface area contributed by atoms with Crippen LogP contribution in [0.5, 0.6) is 5.75 Å². The summed E-state index contributed by atoms with van der Waals surface area (Å²) in [5.74, 6) is 0.0534. The first-order chi connectivity index (χ1) is 13.5. The summed E-state index contributed by atoms with van der Waals surface area (Å²) < 4.78 is 33.4. The number of carbonyl (C=O) groups excluding carboxylic acids is 1. The Hall–Kier alpha value is -2.58. The molecule has 0 aromatic heterocycles. The van der Waals surface area contributed by atoms with E-state index in [2.05, 4.69) is 10.0 Å². The molecule has 2 rings (SSSR count). The van der Waals surface area contributed by atoms with Crippen LogP contribution in [0.15, 0.2) is 41.3 Å². The van der Waals surface area contributed by atoms with Crippen LogP contribution in [0.1, 0.15) is 30.5 Å². The highest BCUT2D eigenvalue weighted by molar-refractivity contribution is 7.92. The molecule has 0 saturated heterocycles. The molecular weight excluding hydrogens is 392 g/mol. The van der Waals surface area contributed by atoms with Gasteiger partial charge in [0.2, 0.25) is 5.91 Å². The molecule has 0 spiro atoms. The van der Waals surface area contributed by atoms with E-state index in [0.717, 1.165) is 16.7 Å². The Labute approximate surface area is 172 Å². The first-order valence-corrected chi connectivity index (χ1v) is 10.6. The molecule has 0 unspecified atom stereocenters. The molecular formula is C21H28N2O5S. The summed E-state index contributed by atoms with van der Waals surface area (Å²) in [6.07, 6.45) is 0.126. The minimum atomic E-state index is -3.84. The van der Waals surface area contributed by atoms with Crippen LogP contribution in [-0.2, 0) is 21.2 Å². The number of hydrogen-bond donors (Lipinski definition) is 3. The van der Waals surface area contributed by atoms with Gasteiger partial charge in [-0.25, -0.2) is 8.42 Å². The van der Waals surface area contributed by atoms with Crippen molar-refractivity contribution in [2.75, 3.05) is 18.4 Å². The van der Waals surface area contributed by atoms with Gasteiger partial charge in [-0.15, -0.1) is 0 Å². The van der Waals surface area contributed by atoms with E-state index >= 15 is 0 Å². The zero-order valence-corrected chi connectivity index (χ0v) is 18.2. The van der Waals surface area contributed by atoms with Gasteiger partial charge >= 0.3 is 0 Å². The molecule has 158 valence electrons. The second-order valence-electron chi connectivity index (χ2n) is 7.66. The van der Waals surface area contributed by atoms with E-state index in [0.29, 0.717) is 5.69 Å². The molecule has 0 atom stereocenters. The van der Waals surface area contributed by atoms with Gasteiger partial charge in [0.15, 0.2) is 0 Å². The summed E-state index contributed by atoms with van der Waals surface area (Å²) in [5, 5.41) is 12.0. The quantitative estimate of drug-likeness (QED) is 0.609. The average Bonchev–Trinajstić information content (AvgIpc) is 2.64. The third-order valence-electron chi connectivity index (χ3n) is 4.51. The summed E-state index contributed by atoms with van der Waals surface area (Å²) in [4.78, 5) is 12.1. The van der Waals surface area contributed by atoms with Crippen LogP contribution < -0.4 is 14.8 Å². The maximum Gasteiger partial charge on any atom is 0.265 e. The van der Waals surface area contributed by atoms with Crippen LogP contribution in [0.25, 0.3) is 0 Å². The molecule has 0 aliphatic rings. The molecule has 0 fully saturated rings. The van der Waals surface area contributed by atoms with E-state index in [4.69, 9.17) is 4.74 Å². The van der Waals surface area contributed by atoms with Crippen molar-refractivity contribution in [3.63, 3.8) is 0 Å². The minimum Gasteiger partial charge on any atom is -0.495 e. The fraction of sp³-hybridized carbons (Fsp3) is 0.381. The van der Waals surface area contributed by atoms with Crippen molar-refractivity contribution in [1.29, 1.82) is 0 Å². The Morgan fingerprint density at radius 2 is 1.69 bits per heavy atom. The molecule has 0 heterocycles. The maximum absolute atomic E-state index is 12.8. The summed E-state index contributed by atoms with van der Waals surface area (Å²) in [5.41, 5.74) is 2.19.